The van der Waals surface area contributed by atoms with Crippen molar-refractivity contribution < 1.29 is 101 Å². The maximum Gasteiger partial charge on any atom is 1.00 e. The van der Waals surface area contributed by atoms with E-state index in [1.54, 1.807) is 24.3 Å². The van der Waals surface area contributed by atoms with Crippen molar-refractivity contribution >= 4 is 61.9 Å². The predicted molar refractivity (Wildman–Crippen MR) is 171 cm³/mol. The number of benzene rings is 1. The molecule has 21 nitrogen and oxygen atoms in total. The van der Waals surface area contributed by atoms with Crippen LogP contribution in [-0.2, 0) is 32.0 Å². The number of aliphatic hydroxyl groups excluding tert-OH is 4. The molecule has 0 radical (unpaired) electrons. The van der Waals surface area contributed by atoms with E-state index in [0.717, 1.165) is 18.1 Å². The molecule has 26 heteroatoms. The molecule has 4 aromatic rings. The fraction of sp³-hybridized carbons (Fsp3) is 0.370. The van der Waals surface area contributed by atoms with Gasteiger partial charge in [-0.2, -0.15) is 4.57 Å². The fourth-order valence-electron chi connectivity index (χ4n) is 5.30. The van der Waals surface area contributed by atoms with E-state index in [4.69, 9.17) is 32.5 Å². The average Bonchev–Trinajstić information content (AvgIpc) is 3.70. The number of pyridine rings is 1. The van der Waals surface area contributed by atoms with Crippen molar-refractivity contribution in [3.05, 3.63) is 65.7 Å². The van der Waals surface area contributed by atoms with Crippen LogP contribution in [0, 0.1) is 0 Å². The first-order valence-corrected chi connectivity index (χ1v) is 19.0. The van der Waals surface area contributed by atoms with Gasteiger partial charge in [0, 0.05) is 16.0 Å². The first-order valence-electron chi connectivity index (χ1n) is 14.9. The first-order chi connectivity index (χ1) is 24.5. The van der Waals surface area contributed by atoms with E-state index >= 15 is 0 Å². The Morgan fingerprint density at radius 3 is 2.25 bits per heavy atom. The Morgan fingerprint density at radius 2 is 1.60 bits per heavy atom. The van der Waals surface area contributed by atoms with Gasteiger partial charge < -0.3 is 60.2 Å². The summed E-state index contributed by atoms with van der Waals surface area (Å²) in [5, 5.41) is 43.2. The van der Waals surface area contributed by atoms with Crippen LogP contribution in [0.2, 0.25) is 5.02 Å². The molecular formula is C27H29ClN7NaO14P2S. The van der Waals surface area contributed by atoms with E-state index in [9.17, 15) is 44.1 Å². The number of phosphoric acid groups is 2. The summed E-state index contributed by atoms with van der Waals surface area (Å²) in [5.41, 5.74) is 11.5. The third kappa shape index (κ3) is 9.46. The second-order valence-corrected chi connectivity index (χ2v) is 15.8. The normalized spacial score (nSPS) is 28.0. The van der Waals surface area contributed by atoms with Gasteiger partial charge in [0.25, 0.3) is 27.8 Å². The summed E-state index contributed by atoms with van der Waals surface area (Å²) < 4.78 is 52.2. The first kappa shape index (κ1) is 42.0. The maximum absolute atomic E-state index is 12.5. The summed E-state index contributed by atoms with van der Waals surface area (Å²) in [6.07, 6.45) is -8.87. The molecule has 280 valence electrons. The number of rotatable bonds is 13. The fourth-order valence-corrected chi connectivity index (χ4v) is 8.36. The van der Waals surface area contributed by atoms with Crippen LogP contribution in [0.1, 0.15) is 22.8 Å². The summed E-state index contributed by atoms with van der Waals surface area (Å²) in [6.45, 7) is -2.04. The van der Waals surface area contributed by atoms with E-state index in [0.29, 0.717) is 9.92 Å². The summed E-state index contributed by atoms with van der Waals surface area (Å²) in [7, 11) is -11.5. The third-order valence-corrected chi connectivity index (χ3v) is 11.6. The molecule has 6 rings (SSSR count). The summed E-state index contributed by atoms with van der Waals surface area (Å²) >= 11 is 7.09. The number of aromatic nitrogens is 5. The van der Waals surface area contributed by atoms with Gasteiger partial charge in [-0.15, -0.1) is 0 Å². The van der Waals surface area contributed by atoms with E-state index in [1.165, 1.54) is 33.7 Å². The minimum absolute atomic E-state index is 0. The number of imidazole rings is 1. The summed E-state index contributed by atoms with van der Waals surface area (Å²) in [5.74, 6) is -0.783. The minimum atomic E-state index is -5.76. The molecule has 8 N–H and O–H groups in total. The molecule has 10 atom stereocenters. The quantitative estimate of drug-likeness (QED) is 0.0420. The van der Waals surface area contributed by atoms with Crippen molar-refractivity contribution in [2.75, 3.05) is 18.9 Å². The van der Waals surface area contributed by atoms with Gasteiger partial charge in [0.15, 0.2) is 46.9 Å². The largest absolute Gasteiger partial charge is 1.00 e. The number of fused-ring (bicyclic) bond motifs is 1. The molecule has 0 aliphatic carbocycles. The number of ether oxygens (including phenoxy) is 2. The van der Waals surface area contributed by atoms with Crippen molar-refractivity contribution in [3.63, 3.8) is 0 Å². The van der Waals surface area contributed by atoms with E-state index in [1.807, 2.05) is 0 Å². The van der Waals surface area contributed by atoms with Gasteiger partial charge in [-0.25, -0.2) is 19.3 Å². The number of amides is 1. The Kier molecular flexibility index (Phi) is 13.4. The number of anilines is 1. The number of nitrogens with zero attached hydrogens (tertiary/aromatic N) is 5. The molecule has 2 saturated heterocycles. The Morgan fingerprint density at radius 1 is 0.981 bits per heavy atom. The molecule has 2 fully saturated rings. The number of primary amides is 1. The van der Waals surface area contributed by atoms with Gasteiger partial charge in [-0.3, -0.25) is 18.5 Å². The van der Waals surface area contributed by atoms with Gasteiger partial charge in [0.2, 0.25) is 0 Å². The van der Waals surface area contributed by atoms with Gasteiger partial charge in [0.05, 0.1) is 13.2 Å². The van der Waals surface area contributed by atoms with E-state index in [2.05, 4.69) is 28.3 Å². The van der Waals surface area contributed by atoms with Crippen LogP contribution >= 0.6 is 39.0 Å². The van der Waals surface area contributed by atoms with Crippen LogP contribution in [0.15, 0.2) is 65.2 Å². The summed E-state index contributed by atoms with van der Waals surface area (Å²) in [4.78, 5) is 49.7. The number of carbonyl (C=O) groups excluding carboxylic acids is 1. The molecule has 3 aromatic heterocycles. The van der Waals surface area contributed by atoms with Crippen LogP contribution in [0.25, 0.3) is 11.2 Å². The number of nitrogens with two attached hydrogens (primary N) is 2. The van der Waals surface area contributed by atoms with Crippen LogP contribution in [0.5, 0.6) is 0 Å². The zero-order valence-electron chi connectivity index (χ0n) is 27.2. The smallest absolute Gasteiger partial charge is 0.756 e. The molecule has 2 aliphatic heterocycles. The Labute approximate surface area is 330 Å². The van der Waals surface area contributed by atoms with E-state index in [-0.39, 0.29) is 57.3 Å². The number of carbonyl (C=O) groups is 1. The monoisotopic (exact) mass is 827 g/mol. The molecule has 1 amide bonds. The Balaban J connectivity index is 0.00000541. The van der Waals surface area contributed by atoms with Gasteiger partial charge >= 0.3 is 29.6 Å². The predicted octanol–water partition coefficient (Wildman–Crippen LogP) is -4.47. The van der Waals surface area contributed by atoms with Crippen molar-refractivity contribution in [2.24, 2.45) is 5.73 Å². The number of aliphatic hydroxyl groups is 4. The van der Waals surface area contributed by atoms with Gasteiger partial charge in [0.1, 0.15) is 42.4 Å². The summed E-state index contributed by atoms with van der Waals surface area (Å²) in [6, 6.07) is 9.47. The number of phosphoric ester groups is 2. The number of halogens is 1. The molecule has 2 unspecified atom stereocenters. The molecule has 5 heterocycles. The SMILES string of the molecule is NC(=O)c1ccc[n+]([C@@H]2O[C@H](COP(=O)([O-])OP(=O)([O-])OC[C@H]3O[C@@H](n4c(Sc5ccc(Cl)cc5)nc5c(N)ncnc54)[C@H](O)[C@@H]3O)[C@@H](O)[C@H]2O)c1.[Na+]. The maximum atomic E-state index is 12.5. The van der Waals surface area contributed by atoms with Crippen molar-refractivity contribution in [1.82, 2.24) is 19.5 Å². The molecule has 0 saturated carbocycles. The van der Waals surface area contributed by atoms with Crippen LogP contribution in [-0.4, -0.2) is 95.7 Å². The van der Waals surface area contributed by atoms with Gasteiger partial charge in [-0.1, -0.05) is 23.4 Å². The van der Waals surface area contributed by atoms with Crippen molar-refractivity contribution in [2.45, 2.75) is 59.1 Å². The zero-order valence-corrected chi connectivity index (χ0v) is 32.5. The minimum Gasteiger partial charge on any atom is -0.756 e. The molecule has 53 heavy (non-hydrogen) atoms. The van der Waals surface area contributed by atoms with Crippen LogP contribution in [0.4, 0.5) is 5.82 Å². The molecular weight excluding hydrogens is 799 g/mol. The molecule has 2 aliphatic rings. The zero-order chi connectivity index (χ0) is 37.5. The van der Waals surface area contributed by atoms with E-state index < -0.39 is 83.8 Å². The molecule has 0 spiro atoms. The Hall–Kier alpha value is -2.15. The molecule has 1 aromatic carbocycles. The van der Waals surface area contributed by atoms with Gasteiger partial charge in [-0.05, 0) is 30.3 Å². The number of nitrogen functional groups attached to an aromatic ring is 1. The number of hydrogen-bond acceptors (Lipinski definition) is 19. The standard InChI is InChI=1S/C27H30ClN7O14P2S.Na/c28-13-3-5-14(6-4-13)52-27-33-17-22(29)31-11-32-24(17)35(27)26-21(39)19(37)16(48-26)10-46-51(43,44)49-50(41,42)45-9-15-18(36)20(38)25(47-15)34-7-1-2-12(8-34)23(30)40;/h1-8,11,15-16,18-21,25-26,36-39H,9-10H2,(H5-,29,30,31,32,40,41,42,43,44);/q;+1/p-1/t15-,16-,18-,19-,20-,21-,25-,26-;/m1./s1. The second-order valence-electron chi connectivity index (χ2n) is 11.3. The van der Waals surface area contributed by atoms with Crippen LogP contribution in [0.3, 0.4) is 0 Å². The average molecular weight is 828 g/mol. The third-order valence-electron chi connectivity index (χ3n) is 7.82. The topological polar surface area (TPSA) is 324 Å². The van der Waals surface area contributed by atoms with Crippen molar-refractivity contribution in [1.29, 1.82) is 0 Å². The number of hydrogen-bond donors (Lipinski definition) is 6. The Bertz CT molecular complexity index is 2060. The molecule has 0 bridgehead atoms. The van der Waals surface area contributed by atoms with Crippen molar-refractivity contribution in [3.8, 4) is 0 Å². The van der Waals surface area contributed by atoms with Crippen LogP contribution < -0.4 is 55.4 Å². The second kappa shape index (κ2) is 16.9.